The number of rotatable bonds is 5. The van der Waals surface area contributed by atoms with Crippen LogP contribution in [0.2, 0.25) is 0 Å². The number of nitrogen functional groups attached to an aromatic ring is 1. The summed E-state index contributed by atoms with van der Waals surface area (Å²) in [6.07, 6.45) is 0.800. The molecular formula is C20H20F2N4O. The summed E-state index contributed by atoms with van der Waals surface area (Å²) in [5, 5.41) is 6.75. The Balaban J connectivity index is 1.91. The van der Waals surface area contributed by atoms with Gasteiger partial charge in [0.1, 0.15) is 17.3 Å². The van der Waals surface area contributed by atoms with Crippen molar-refractivity contribution in [2.24, 2.45) is 0 Å². The van der Waals surface area contributed by atoms with Gasteiger partial charge in [-0.2, -0.15) is 5.10 Å². The third kappa shape index (κ3) is 3.67. The van der Waals surface area contributed by atoms with Crippen molar-refractivity contribution in [3.63, 3.8) is 0 Å². The molecule has 0 spiro atoms. The fourth-order valence-electron chi connectivity index (χ4n) is 2.84. The Morgan fingerprint density at radius 1 is 1.15 bits per heavy atom. The minimum absolute atomic E-state index is 0.206. The molecule has 7 heteroatoms. The normalized spacial score (nSPS) is 10.8. The highest BCUT2D eigenvalue weighted by Gasteiger charge is 2.16. The summed E-state index contributed by atoms with van der Waals surface area (Å²) < 4.78 is 29.3. The molecule has 1 heterocycles. The van der Waals surface area contributed by atoms with E-state index in [1.54, 1.807) is 12.1 Å². The third-order valence-corrected chi connectivity index (χ3v) is 4.28. The highest BCUT2D eigenvalue weighted by Crippen LogP contribution is 2.28. The largest absolute Gasteiger partial charge is 0.398 e. The van der Waals surface area contributed by atoms with Crippen LogP contribution in [0.25, 0.3) is 11.3 Å². The van der Waals surface area contributed by atoms with Crippen LogP contribution in [0.5, 0.6) is 0 Å². The van der Waals surface area contributed by atoms with Crippen molar-refractivity contribution < 1.29 is 13.6 Å². The quantitative estimate of drug-likeness (QED) is 0.660. The maximum absolute atomic E-state index is 13.7. The van der Waals surface area contributed by atoms with E-state index in [9.17, 15) is 13.6 Å². The third-order valence-electron chi connectivity index (χ3n) is 4.28. The van der Waals surface area contributed by atoms with Gasteiger partial charge < -0.3 is 11.1 Å². The van der Waals surface area contributed by atoms with Crippen molar-refractivity contribution in [1.82, 2.24) is 9.78 Å². The van der Waals surface area contributed by atoms with Crippen LogP contribution in [0.15, 0.2) is 42.5 Å². The molecular weight excluding hydrogens is 350 g/mol. The van der Waals surface area contributed by atoms with Gasteiger partial charge in [-0.15, -0.1) is 0 Å². The lowest BCUT2D eigenvalue weighted by Gasteiger charge is -2.11. The van der Waals surface area contributed by atoms with E-state index in [0.717, 1.165) is 35.5 Å². The average Bonchev–Trinajstić information content (AvgIpc) is 3.08. The highest BCUT2D eigenvalue weighted by atomic mass is 19.1. The Bertz CT molecular complexity index is 977. The van der Waals surface area contributed by atoms with Gasteiger partial charge in [-0.3, -0.25) is 9.48 Å². The van der Waals surface area contributed by atoms with Gasteiger partial charge >= 0.3 is 0 Å². The van der Waals surface area contributed by atoms with E-state index in [4.69, 9.17) is 5.73 Å². The smallest absolute Gasteiger partial charge is 0.255 e. The number of carbonyl (C=O) groups excluding carboxylic acids is 1. The topological polar surface area (TPSA) is 72.9 Å². The lowest BCUT2D eigenvalue weighted by molar-refractivity contribution is 0.102. The summed E-state index contributed by atoms with van der Waals surface area (Å²) in [7, 11) is 0. The van der Waals surface area contributed by atoms with Gasteiger partial charge in [0.25, 0.3) is 5.91 Å². The second-order valence-corrected chi connectivity index (χ2v) is 6.04. The predicted octanol–water partition coefficient (Wildman–Crippen LogP) is 4.25. The minimum Gasteiger partial charge on any atom is -0.398 e. The summed E-state index contributed by atoms with van der Waals surface area (Å²) in [4.78, 5) is 12.4. The molecule has 3 N–H and O–H groups in total. The number of hydrogen-bond acceptors (Lipinski definition) is 3. The molecule has 140 valence electrons. The maximum Gasteiger partial charge on any atom is 0.255 e. The first kappa shape index (κ1) is 18.6. The summed E-state index contributed by atoms with van der Waals surface area (Å²) in [6.45, 7) is 4.69. The van der Waals surface area contributed by atoms with Gasteiger partial charge in [-0.1, -0.05) is 13.0 Å². The first-order valence-corrected chi connectivity index (χ1v) is 8.66. The Morgan fingerprint density at radius 3 is 2.44 bits per heavy atom. The summed E-state index contributed by atoms with van der Waals surface area (Å²) in [6, 6.07) is 10.1. The Kier molecular flexibility index (Phi) is 5.21. The number of para-hydroxylation sites is 1. The number of carbonyl (C=O) groups is 1. The van der Waals surface area contributed by atoms with Crippen LogP contribution in [-0.2, 0) is 13.0 Å². The minimum atomic E-state index is -0.841. The van der Waals surface area contributed by atoms with E-state index >= 15 is 0 Å². The number of nitrogens with two attached hydrogens (primary N) is 1. The van der Waals surface area contributed by atoms with Crippen molar-refractivity contribution in [2.75, 3.05) is 11.1 Å². The van der Waals surface area contributed by atoms with Gasteiger partial charge in [0.05, 0.1) is 11.4 Å². The summed E-state index contributed by atoms with van der Waals surface area (Å²) >= 11 is 0. The fraction of sp³-hybridized carbons (Fsp3) is 0.200. The van der Waals surface area contributed by atoms with Crippen LogP contribution < -0.4 is 11.1 Å². The molecule has 0 unspecified atom stereocenters. The van der Waals surface area contributed by atoms with E-state index in [1.807, 2.05) is 24.6 Å². The zero-order chi connectivity index (χ0) is 19.6. The van der Waals surface area contributed by atoms with Gasteiger partial charge in [-0.25, -0.2) is 8.78 Å². The lowest BCUT2D eigenvalue weighted by Crippen LogP contribution is -2.14. The second kappa shape index (κ2) is 7.57. The first-order chi connectivity index (χ1) is 12.9. The maximum atomic E-state index is 13.7. The molecule has 0 aliphatic heterocycles. The molecule has 1 aromatic heterocycles. The molecule has 0 atom stereocenters. The number of aromatic nitrogens is 2. The van der Waals surface area contributed by atoms with Crippen LogP contribution in [0.3, 0.4) is 0 Å². The predicted molar refractivity (Wildman–Crippen MR) is 101 cm³/mol. The average molecular weight is 370 g/mol. The molecule has 5 nitrogen and oxygen atoms in total. The summed E-state index contributed by atoms with van der Waals surface area (Å²) in [5.74, 6) is -2.32. The number of hydrogen-bond donors (Lipinski definition) is 2. The van der Waals surface area contributed by atoms with Crippen LogP contribution >= 0.6 is 0 Å². The van der Waals surface area contributed by atoms with Crippen LogP contribution in [0.1, 0.15) is 29.9 Å². The van der Waals surface area contributed by atoms with Crippen LogP contribution in [0, 0.1) is 11.6 Å². The number of halogens is 2. The molecule has 0 saturated heterocycles. The number of amides is 1. The van der Waals surface area contributed by atoms with Crippen LogP contribution in [-0.4, -0.2) is 15.7 Å². The SMILES string of the molecule is CCc1cc(-c2ccc(C(=O)Nc3c(F)cccc3F)cc2N)n(CC)n1. The highest BCUT2D eigenvalue weighted by molar-refractivity contribution is 6.05. The molecule has 27 heavy (non-hydrogen) atoms. The van der Waals surface area contributed by atoms with Crippen molar-refractivity contribution in [3.05, 3.63) is 65.4 Å². The number of benzene rings is 2. The number of anilines is 2. The number of nitrogens with one attached hydrogen (secondary N) is 1. The molecule has 3 rings (SSSR count). The van der Waals surface area contributed by atoms with E-state index in [2.05, 4.69) is 10.4 Å². The van der Waals surface area contributed by atoms with Crippen molar-refractivity contribution >= 4 is 17.3 Å². The Hall–Kier alpha value is -3.22. The van der Waals surface area contributed by atoms with E-state index in [1.165, 1.54) is 12.1 Å². The zero-order valence-corrected chi connectivity index (χ0v) is 15.1. The summed E-state index contributed by atoms with van der Waals surface area (Å²) in [5.41, 5.74) is 8.81. The van der Waals surface area contributed by atoms with Crippen molar-refractivity contribution in [3.8, 4) is 11.3 Å². The Labute approximate surface area is 155 Å². The molecule has 2 aromatic carbocycles. The van der Waals surface area contributed by atoms with E-state index in [0.29, 0.717) is 12.2 Å². The lowest BCUT2D eigenvalue weighted by atomic mass is 10.0. The first-order valence-electron chi connectivity index (χ1n) is 8.66. The van der Waals surface area contributed by atoms with Gasteiger partial charge in [-0.05, 0) is 49.7 Å². The molecule has 0 saturated carbocycles. The van der Waals surface area contributed by atoms with Crippen LogP contribution in [0.4, 0.5) is 20.2 Å². The molecule has 0 fully saturated rings. The van der Waals surface area contributed by atoms with Gasteiger partial charge in [0.2, 0.25) is 0 Å². The molecule has 0 radical (unpaired) electrons. The number of aryl methyl sites for hydroxylation is 2. The van der Waals surface area contributed by atoms with E-state index in [-0.39, 0.29) is 5.56 Å². The molecule has 1 amide bonds. The van der Waals surface area contributed by atoms with Gasteiger partial charge in [0, 0.05) is 23.4 Å². The Morgan fingerprint density at radius 2 is 1.85 bits per heavy atom. The standard InChI is InChI=1S/C20H20F2N4O/c1-3-13-11-18(26(4-2)25-13)14-9-8-12(10-17(14)23)20(27)24-19-15(21)6-5-7-16(19)22/h5-11H,3-4,23H2,1-2H3,(H,24,27). The second-order valence-electron chi connectivity index (χ2n) is 6.04. The van der Waals surface area contributed by atoms with Crippen molar-refractivity contribution in [1.29, 1.82) is 0 Å². The van der Waals surface area contributed by atoms with Crippen molar-refractivity contribution in [2.45, 2.75) is 26.8 Å². The van der Waals surface area contributed by atoms with E-state index < -0.39 is 23.2 Å². The van der Waals surface area contributed by atoms with Gasteiger partial charge in [0.15, 0.2) is 0 Å². The molecule has 0 aliphatic carbocycles. The molecule has 3 aromatic rings. The monoisotopic (exact) mass is 370 g/mol. The zero-order valence-electron chi connectivity index (χ0n) is 15.1. The fourth-order valence-corrected chi connectivity index (χ4v) is 2.84. The molecule has 0 bridgehead atoms. The number of nitrogens with zero attached hydrogens (tertiary/aromatic N) is 2. The molecule has 0 aliphatic rings.